The zero-order chi connectivity index (χ0) is 14.4. The Kier molecular flexibility index (Phi) is 6.49. The Labute approximate surface area is 120 Å². The predicted molar refractivity (Wildman–Crippen MR) is 78.7 cm³/mol. The number of carbonyl (C=O) groups excluding carboxylic acids is 1. The van der Waals surface area contributed by atoms with Gasteiger partial charge in [0.25, 0.3) is 0 Å². The Morgan fingerprint density at radius 3 is 2.32 bits per heavy atom. The van der Waals surface area contributed by atoms with E-state index in [4.69, 9.17) is 16.7 Å². The number of halogens is 1. The minimum atomic E-state index is -0.175. The molecule has 0 aliphatic rings. The van der Waals surface area contributed by atoms with Gasteiger partial charge < -0.3 is 5.11 Å². The summed E-state index contributed by atoms with van der Waals surface area (Å²) in [6.45, 7) is 7.04. The molecule has 1 unspecified atom stereocenters. The third-order valence-corrected chi connectivity index (χ3v) is 3.55. The molecule has 0 bridgehead atoms. The molecule has 0 saturated heterocycles. The predicted octanol–water partition coefficient (Wildman–Crippen LogP) is 2.72. The van der Waals surface area contributed by atoms with Crippen LogP contribution in [-0.2, 0) is 4.79 Å². The second kappa shape index (κ2) is 7.63. The molecule has 0 heterocycles. The topological polar surface area (TPSA) is 40.5 Å². The molecule has 1 aromatic carbocycles. The van der Waals surface area contributed by atoms with Crippen LogP contribution in [0.25, 0.3) is 0 Å². The maximum Gasteiger partial charge on any atom is 0.138 e. The summed E-state index contributed by atoms with van der Waals surface area (Å²) in [6.07, 6.45) is 0. The largest absolute Gasteiger partial charge is 0.395 e. The van der Waals surface area contributed by atoms with E-state index in [1.807, 2.05) is 12.1 Å². The van der Waals surface area contributed by atoms with Gasteiger partial charge in [0.1, 0.15) is 5.78 Å². The van der Waals surface area contributed by atoms with Crippen molar-refractivity contribution in [1.82, 2.24) is 4.90 Å². The van der Waals surface area contributed by atoms with Gasteiger partial charge in [0, 0.05) is 24.2 Å². The summed E-state index contributed by atoms with van der Waals surface area (Å²) < 4.78 is 0. The molecule has 0 fully saturated rings. The van der Waals surface area contributed by atoms with Crippen LogP contribution in [0.2, 0.25) is 5.02 Å². The highest BCUT2D eigenvalue weighted by Gasteiger charge is 2.21. The fraction of sp³-hybridized carbons (Fsp3) is 0.533. The first kappa shape index (κ1) is 16.2. The molecular weight excluding hydrogens is 262 g/mol. The van der Waals surface area contributed by atoms with Crippen LogP contribution in [-0.4, -0.2) is 41.5 Å². The number of nitrogens with zero attached hydrogens (tertiary/aromatic N) is 1. The van der Waals surface area contributed by atoms with E-state index in [9.17, 15) is 4.79 Å². The summed E-state index contributed by atoms with van der Waals surface area (Å²) in [5.74, 6) is -0.0443. The van der Waals surface area contributed by atoms with Crippen molar-refractivity contribution in [2.45, 2.75) is 32.7 Å². The fourth-order valence-electron chi connectivity index (χ4n) is 2.09. The van der Waals surface area contributed by atoms with Crippen LogP contribution in [0.4, 0.5) is 0 Å². The number of hydrogen-bond acceptors (Lipinski definition) is 3. The van der Waals surface area contributed by atoms with Crippen molar-refractivity contribution in [3.63, 3.8) is 0 Å². The third-order valence-electron chi connectivity index (χ3n) is 3.30. The van der Waals surface area contributed by atoms with Crippen LogP contribution in [0.1, 0.15) is 32.3 Å². The Morgan fingerprint density at radius 2 is 1.89 bits per heavy atom. The normalized spacial score (nSPS) is 13.0. The van der Waals surface area contributed by atoms with Crippen molar-refractivity contribution >= 4 is 17.4 Å². The van der Waals surface area contributed by atoms with Gasteiger partial charge in [0.05, 0.1) is 12.5 Å². The molecule has 3 nitrogen and oxygen atoms in total. The lowest BCUT2D eigenvalue weighted by Gasteiger charge is -2.29. The average molecular weight is 284 g/mol. The molecule has 0 radical (unpaired) electrons. The van der Waals surface area contributed by atoms with E-state index in [0.717, 1.165) is 5.56 Å². The molecule has 1 rings (SSSR count). The van der Waals surface area contributed by atoms with Gasteiger partial charge in [-0.25, -0.2) is 0 Å². The van der Waals surface area contributed by atoms with Crippen LogP contribution >= 0.6 is 11.6 Å². The van der Waals surface area contributed by atoms with Crippen molar-refractivity contribution in [3.8, 4) is 0 Å². The first-order chi connectivity index (χ1) is 8.95. The smallest absolute Gasteiger partial charge is 0.138 e. The Hall–Kier alpha value is -0.900. The van der Waals surface area contributed by atoms with E-state index in [1.54, 1.807) is 19.1 Å². The lowest BCUT2D eigenvalue weighted by Crippen LogP contribution is -2.38. The molecule has 106 valence electrons. The second-order valence-electron chi connectivity index (χ2n) is 5.03. The number of hydrogen-bond donors (Lipinski definition) is 1. The van der Waals surface area contributed by atoms with Crippen LogP contribution in [0.5, 0.6) is 0 Å². The number of ketones is 1. The van der Waals surface area contributed by atoms with E-state index >= 15 is 0 Å². The lowest BCUT2D eigenvalue weighted by atomic mass is 9.94. The van der Waals surface area contributed by atoms with Gasteiger partial charge in [-0.2, -0.15) is 0 Å². The molecule has 0 aliphatic carbocycles. The molecule has 19 heavy (non-hydrogen) atoms. The first-order valence-electron chi connectivity index (χ1n) is 6.56. The van der Waals surface area contributed by atoms with Gasteiger partial charge in [0.2, 0.25) is 0 Å². The SMILES string of the molecule is CC(=O)C(CN(CCO)C(C)C)c1ccc(Cl)cc1. The van der Waals surface area contributed by atoms with Gasteiger partial charge in [-0.05, 0) is 38.5 Å². The third kappa shape index (κ3) is 4.94. The van der Waals surface area contributed by atoms with Crippen LogP contribution < -0.4 is 0 Å². The average Bonchev–Trinajstić information content (AvgIpc) is 2.35. The summed E-state index contributed by atoms with van der Waals surface area (Å²) in [5.41, 5.74) is 0.973. The van der Waals surface area contributed by atoms with Crippen LogP contribution in [0, 0.1) is 0 Å². The van der Waals surface area contributed by atoms with E-state index in [1.165, 1.54) is 0 Å². The maximum atomic E-state index is 11.9. The van der Waals surface area contributed by atoms with Crippen LogP contribution in [0.15, 0.2) is 24.3 Å². The highest BCUT2D eigenvalue weighted by atomic mass is 35.5. The highest BCUT2D eigenvalue weighted by Crippen LogP contribution is 2.21. The molecule has 0 saturated carbocycles. The maximum absolute atomic E-state index is 11.9. The first-order valence-corrected chi connectivity index (χ1v) is 6.94. The zero-order valence-electron chi connectivity index (χ0n) is 11.8. The summed E-state index contributed by atoms with van der Waals surface area (Å²) >= 11 is 5.87. The molecule has 4 heteroatoms. The number of aliphatic hydroxyl groups excluding tert-OH is 1. The van der Waals surface area contributed by atoms with Crippen molar-refractivity contribution in [2.24, 2.45) is 0 Å². The molecule has 0 aliphatic heterocycles. The Morgan fingerprint density at radius 1 is 1.32 bits per heavy atom. The van der Waals surface area contributed by atoms with E-state index in [2.05, 4.69) is 18.7 Å². The van der Waals surface area contributed by atoms with Gasteiger partial charge in [-0.3, -0.25) is 9.69 Å². The molecule has 1 aromatic rings. The quantitative estimate of drug-likeness (QED) is 0.836. The van der Waals surface area contributed by atoms with Crippen molar-refractivity contribution < 1.29 is 9.90 Å². The van der Waals surface area contributed by atoms with Crippen LogP contribution in [0.3, 0.4) is 0 Å². The molecule has 0 spiro atoms. The Bertz CT molecular complexity index is 403. The Balaban J connectivity index is 2.88. The lowest BCUT2D eigenvalue weighted by molar-refractivity contribution is -0.119. The minimum absolute atomic E-state index is 0.101. The van der Waals surface area contributed by atoms with E-state index in [-0.39, 0.29) is 18.3 Å². The molecule has 0 amide bonds. The summed E-state index contributed by atoms with van der Waals surface area (Å²) in [7, 11) is 0. The van der Waals surface area contributed by atoms with Gasteiger partial charge in [0.15, 0.2) is 0 Å². The zero-order valence-corrected chi connectivity index (χ0v) is 12.5. The molecular formula is C15H22ClNO2. The molecule has 0 aromatic heterocycles. The van der Waals surface area contributed by atoms with Crippen molar-refractivity contribution in [3.05, 3.63) is 34.9 Å². The fourth-order valence-corrected chi connectivity index (χ4v) is 2.21. The van der Waals surface area contributed by atoms with Gasteiger partial charge in [-0.1, -0.05) is 23.7 Å². The highest BCUT2D eigenvalue weighted by molar-refractivity contribution is 6.30. The monoisotopic (exact) mass is 283 g/mol. The number of carbonyl (C=O) groups is 1. The van der Waals surface area contributed by atoms with Gasteiger partial charge in [-0.15, -0.1) is 0 Å². The van der Waals surface area contributed by atoms with Crippen molar-refractivity contribution in [2.75, 3.05) is 19.7 Å². The van der Waals surface area contributed by atoms with Gasteiger partial charge >= 0.3 is 0 Å². The number of Topliss-reactive ketones (excluding diaryl/α,β-unsaturated/α-hetero) is 1. The molecule has 1 atom stereocenters. The second-order valence-corrected chi connectivity index (χ2v) is 5.46. The standard InChI is InChI=1S/C15H22ClNO2/c1-11(2)17(8-9-18)10-15(12(3)19)13-4-6-14(16)7-5-13/h4-7,11,15,18H,8-10H2,1-3H3. The van der Waals surface area contributed by atoms with E-state index in [0.29, 0.717) is 24.2 Å². The molecule has 1 N–H and O–H groups in total. The number of rotatable bonds is 7. The van der Waals surface area contributed by atoms with Crippen molar-refractivity contribution in [1.29, 1.82) is 0 Å². The summed E-state index contributed by atoms with van der Waals surface area (Å²) in [4.78, 5) is 14.0. The number of aliphatic hydroxyl groups is 1. The number of benzene rings is 1. The minimum Gasteiger partial charge on any atom is -0.395 e. The summed E-state index contributed by atoms with van der Waals surface area (Å²) in [6, 6.07) is 7.69. The summed E-state index contributed by atoms with van der Waals surface area (Å²) in [5, 5.41) is 9.77. The van der Waals surface area contributed by atoms with E-state index < -0.39 is 0 Å².